The van der Waals surface area contributed by atoms with E-state index in [2.05, 4.69) is 10.6 Å². The fourth-order valence-electron chi connectivity index (χ4n) is 2.87. The Labute approximate surface area is 156 Å². The second-order valence-electron chi connectivity index (χ2n) is 6.18. The second-order valence-corrected chi connectivity index (χ2v) is 6.18. The number of carbonyl (C=O) groups is 3. The summed E-state index contributed by atoms with van der Waals surface area (Å²) >= 11 is 0. The van der Waals surface area contributed by atoms with E-state index in [-0.39, 0.29) is 43.8 Å². The highest BCUT2D eigenvalue weighted by Gasteiger charge is 2.35. The number of anilines is 1. The van der Waals surface area contributed by atoms with Crippen molar-refractivity contribution < 1.29 is 23.5 Å². The van der Waals surface area contributed by atoms with Gasteiger partial charge in [0.15, 0.2) is 0 Å². The zero-order chi connectivity index (χ0) is 19.2. The Bertz CT molecular complexity index is 801. The van der Waals surface area contributed by atoms with Gasteiger partial charge >= 0.3 is 0 Å². The van der Waals surface area contributed by atoms with Crippen LogP contribution < -0.4 is 20.3 Å². The monoisotopic (exact) mass is 371 g/mol. The maximum Gasteiger partial charge on any atom is 0.239 e. The standard InChI is InChI=1S/C19H21N3O5/c1-26-15-6-4-14(5-7-15)22-12-13(9-18(22)24)19(25)21-11-17(23)20-10-16-3-2-8-27-16/h2-8,13H,9-12H2,1H3,(H,20,23)(H,21,25)/t13-/m1/s1. The highest BCUT2D eigenvalue weighted by Crippen LogP contribution is 2.26. The molecule has 1 aliphatic heterocycles. The van der Waals surface area contributed by atoms with E-state index < -0.39 is 5.92 Å². The van der Waals surface area contributed by atoms with Gasteiger partial charge in [-0.3, -0.25) is 14.4 Å². The molecule has 1 aliphatic rings. The van der Waals surface area contributed by atoms with Gasteiger partial charge < -0.3 is 24.7 Å². The molecule has 0 radical (unpaired) electrons. The van der Waals surface area contributed by atoms with Crippen molar-refractivity contribution in [2.45, 2.75) is 13.0 Å². The summed E-state index contributed by atoms with van der Waals surface area (Å²) in [4.78, 5) is 37.9. The highest BCUT2D eigenvalue weighted by molar-refractivity contribution is 6.00. The molecule has 0 aliphatic carbocycles. The molecule has 2 aromatic rings. The topological polar surface area (TPSA) is 101 Å². The average Bonchev–Trinajstić information content (AvgIpc) is 3.34. The summed E-state index contributed by atoms with van der Waals surface area (Å²) in [5.74, 6) is 0.0788. The van der Waals surface area contributed by atoms with Crippen LogP contribution in [0.15, 0.2) is 47.1 Å². The van der Waals surface area contributed by atoms with Crippen LogP contribution in [0.5, 0.6) is 5.75 Å². The third kappa shape index (κ3) is 4.66. The Morgan fingerprint density at radius 3 is 2.67 bits per heavy atom. The minimum absolute atomic E-state index is 0.117. The third-order valence-corrected chi connectivity index (χ3v) is 4.34. The van der Waals surface area contributed by atoms with Crippen LogP contribution in [-0.2, 0) is 20.9 Å². The van der Waals surface area contributed by atoms with Crippen molar-refractivity contribution in [3.05, 3.63) is 48.4 Å². The number of ether oxygens (including phenoxy) is 1. The van der Waals surface area contributed by atoms with Crippen molar-refractivity contribution in [3.8, 4) is 5.75 Å². The number of amides is 3. The molecule has 0 spiro atoms. The third-order valence-electron chi connectivity index (χ3n) is 4.34. The number of rotatable bonds is 7. The van der Waals surface area contributed by atoms with Gasteiger partial charge in [-0.25, -0.2) is 0 Å². The Kier molecular flexibility index (Phi) is 5.75. The number of nitrogens with one attached hydrogen (secondary N) is 2. The molecule has 8 heteroatoms. The van der Waals surface area contributed by atoms with Crippen molar-refractivity contribution in [1.82, 2.24) is 10.6 Å². The molecule has 1 fully saturated rings. The van der Waals surface area contributed by atoms with Gasteiger partial charge in [-0.1, -0.05) is 0 Å². The molecule has 27 heavy (non-hydrogen) atoms. The summed E-state index contributed by atoms with van der Waals surface area (Å²) in [6.07, 6.45) is 1.64. The lowest BCUT2D eigenvalue weighted by molar-refractivity contribution is -0.129. The van der Waals surface area contributed by atoms with E-state index in [1.165, 1.54) is 6.26 Å². The van der Waals surface area contributed by atoms with E-state index in [0.717, 1.165) is 0 Å². The molecule has 1 aromatic heterocycles. The minimum atomic E-state index is -0.488. The van der Waals surface area contributed by atoms with Crippen molar-refractivity contribution in [2.75, 3.05) is 25.1 Å². The number of benzene rings is 1. The van der Waals surface area contributed by atoms with E-state index in [0.29, 0.717) is 17.2 Å². The summed E-state index contributed by atoms with van der Waals surface area (Å²) in [6.45, 7) is 0.395. The van der Waals surface area contributed by atoms with Gasteiger partial charge in [-0.15, -0.1) is 0 Å². The summed E-state index contributed by atoms with van der Waals surface area (Å²) in [5.41, 5.74) is 0.715. The van der Waals surface area contributed by atoms with Gasteiger partial charge in [0, 0.05) is 18.7 Å². The highest BCUT2D eigenvalue weighted by atomic mass is 16.5. The van der Waals surface area contributed by atoms with Crippen molar-refractivity contribution in [3.63, 3.8) is 0 Å². The number of methoxy groups -OCH3 is 1. The lowest BCUT2D eigenvalue weighted by Crippen LogP contribution is -2.40. The SMILES string of the molecule is COc1ccc(N2C[C@H](C(=O)NCC(=O)NCc3ccco3)CC2=O)cc1. The predicted octanol–water partition coefficient (Wildman–Crippen LogP) is 1.07. The number of hydrogen-bond donors (Lipinski definition) is 2. The predicted molar refractivity (Wildman–Crippen MR) is 97.0 cm³/mol. The number of nitrogens with zero attached hydrogens (tertiary/aromatic N) is 1. The molecule has 3 rings (SSSR count). The minimum Gasteiger partial charge on any atom is -0.497 e. The first-order valence-electron chi connectivity index (χ1n) is 8.58. The molecular formula is C19H21N3O5. The fourth-order valence-corrected chi connectivity index (χ4v) is 2.87. The van der Waals surface area contributed by atoms with Crippen molar-refractivity contribution >= 4 is 23.4 Å². The second kappa shape index (κ2) is 8.39. The largest absolute Gasteiger partial charge is 0.497 e. The van der Waals surface area contributed by atoms with Crippen molar-refractivity contribution in [1.29, 1.82) is 0 Å². The van der Waals surface area contributed by atoms with Crippen LogP contribution >= 0.6 is 0 Å². The quantitative estimate of drug-likeness (QED) is 0.758. The van der Waals surface area contributed by atoms with Gasteiger partial charge in [0.1, 0.15) is 11.5 Å². The maximum atomic E-state index is 12.3. The van der Waals surface area contributed by atoms with Gasteiger partial charge in [0.05, 0.1) is 32.4 Å². The zero-order valence-electron chi connectivity index (χ0n) is 14.9. The normalized spacial score (nSPS) is 16.3. The molecule has 3 amide bonds. The molecule has 142 valence electrons. The summed E-state index contributed by atoms with van der Waals surface area (Å²) in [6, 6.07) is 10.6. The van der Waals surface area contributed by atoms with E-state index in [1.807, 2.05) is 0 Å². The summed E-state index contributed by atoms with van der Waals surface area (Å²) in [5, 5.41) is 5.23. The first-order valence-corrected chi connectivity index (χ1v) is 8.58. The van der Waals surface area contributed by atoms with Crippen LogP contribution in [0.3, 0.4) is 0 Å². The number of carbonyl (C=O) groups excluding carboxylic acids is 3. The Morgan fingerprint density at radius 1 is 1.22 bits per heavy atom. The first-order chi connectivity index (χ1) is 13.1. The van der Waals surface area contributed by atoms with Gasteiger partial charge in [-0.2, -0.15) is 0 Å². The summed E-state index contributed by atoms with van der Waals surface area (Å²) in [7, 11) is 1.57. The van der Waals surface area contributed by atoms with Crippen LogP contribution in [0.1, 0.15) is 12.2 Å². The first kappa shape index (κ1) is 18.5. The molecule has 1 aromatic carbocycles. The fraction of sp³-hybridized carbons (Fsp3) is 0.316. The number of hydrogen-bond acceptors (Lipinski definition) is 5. The average molecular weight is 371 g/mol. The van der Waals surface area contributed by atoms with Crippen LogP contribution in [0.2, 0.25) is 0 Å². The van der Waals surface area contributed by atoms with Gasteiger partial charge in [-0.05, 0) is 36.4 Å². The molecule has 2 N–H and O–H groups in total. The van der Waals surface area contributed by atoms with Crippen LogP contribution in [0, 0.1) is 5.92 Å². The molecule has 8 nitrogen and oxygen atoms in total. The molecular weight excluding hydrogens is 350 g/mol. The zero-order valence-corrected chi connectivity index (χ0v) is 14.9. The van der Waals surface area contributed by atoms with Crippen LogP contribution in [-0.4, -0.2) is 37.9 Å². The molecule has 1 atom stereocenters. The number of furan rings is 1. The van der Waals surface area contributed by atoms with Gasteiger partial charge in [0.25, 0.3) is 0 Å². The maximum absolute atomic E-state index is 12.3. The molecule has 0 saturated carbocycles. The van der Waals surface area contributed by atoms with E-state index in [1.54, 1.807) is 48.4 Å². The van der Waals surface area contributed by atoms with Crippen LogP contribution in [0.25, 0.3) is 0 Å². The lowest BCUT2D eigenvalue weighted by atomic mass is 10.1. The van der Waals surface area contributed by atoms with Gasteiger partial charge in [0.2, 0.25) is 17.7 Å². The smallest absolute Gasteiger partial charge is 0.239 e. The Balaban J connectivity index is 1.47. The molecule has 2 heterocycles. The molecule has 1 saturated heterocycles. The Morgan fingerprint density at radius 2 is 2.00 bits per heavy atom. The summed E-state index contributed by atoms with van der Waals surface area (Å²) < 4.78 is 10.2. The van der Waals surface area contributed by atoms with Crippen LogP contribution in [0.4, 0.5) is 5.69 Å². The lowest BCUT2D eigenvalue weighted by Gasteiger charge is -2.17. The van der Waals surface area contributed by atoms with E-state index >= 15 is 0 Å². The molecule has 0 unspecified atom stereocenters. The Hall–Kier alpha value is -3.29. The molecule has 0 bridgehead atoms. The van der Waals surface area contributed by atoms with E-state index in [4.69, 9.17) is 9.15 Å². The van der Waals surface area contributed by atoms with E-state index in [9.17, 15) is 14.4 Å². The van der Waals surface area contributed by atoms with Crippen molar-refractivity contribution in [2.24, 2.45) is 5.92 Å².